The third kappa shape index (κ3) is 23.1. The van der Waals surface area contributed by atoms with Gasteiger partial charge in [0, 0.05) is 6.42 Å². The molecule has 0 heterocycles. The van der Waals surface area contributed by atoms with Crippen molar-refractivity contribution in [3.05, 3.63) is 24.5 Å². The number of aliphatic hydroxyl groups excluding tert-OH is 1. The van der Waals surface area contributed by atoms with Crippen LogP contribution in [-0.4, -0.2) is 11.4 Å². The Kier molecular flexibility index (Phi) is 11.2. The molecule has 70 valence electrons. The van der Waals surface area contributed by atoms with Crippen LogP contribution in [0.1, 0.15) is 27.2 Å². The van der Waals surface area contributed by atoms with Crippen LogP contribution in [0.3, 0.4) is 0 Å². The molecular formula is C10H18O2. The fourth-order valence-corrected chi connectivity index (χ4v) is 0.314. The molecule has 0 aliphatic heterocycles. The number of allylic oxidation sites excluding steroid dienone is 2. The number of carbonyl (C=O) groups excluding carboxylic acids is 1. The highest BCUT2D eigenvalue weighted by molar-refractivity contribution is 5.53. The van der Waals surface area contributed by atoms with E-state index in [1.807, 2.05) is 20.8 Å². The Morgan fingerprint density at radius 2 is 2.08 bits per heavy atom. The molecule has 0 aromatic carbocycles. The highest BCUT2D eigenvalue weighted by Crippen LogP contribution is 1.89. The van der Waals surface area contributed by atoms with Crippen LogP contribution in [0, 0.1) is 5.92 Å². The lowest BCUT2D eigenvalue weighted by atomic mass is 10.2. The van der Waals surface area contributed by atoms with Crippen molar-refractivity contribution in [3.63, 3.8) is 0 Å². The van der Waals surface area contributed by atoms with Crippen molar-refractivity contribution >= 4 is 6.29 Å². The minimum atomic E-state index is 0.468. The summed E-state index contributed by atoms with van der Waals surface area (Å²) in [5.74, 6) is 0.468. The quantitative estimate of drug-likeness (QED) is 0.401. The molecule has 0 spiro atoms. The van der Waals surface area contributed by atoms with Crippen molar-refractivity contribution in [2.45, 2.75) is 27.2 Å². The summed E-state index contributed by atoms with van der Waals surface area (Å²) in [6.45, 7) is 9.35. The lowest BCUT2D eigenvalue weighted by Crippen LogP contribution is -1.74. The van der Waals surface area contributed by atoms with E-state index < -0.39 is 0 Å². The summed E-state index contributed by atoms with van der Waals surface area (Å²) in [6.07, 6.45) is 4.15. The van der Waals surface area contributed by atoms with E-state index in [0.29, 0.717) is 12.3 Å². The van der Waals surface area contributed by atoms with Crippen LogP contribution in [0.25, 0.3) is 0 Å². The Bertz CT molecular complexity index is 146. The molecule has 2 nitrogen and oxygen atoms in total. The number of carbonyl (C=O) groups is 1. The van der Waals surface area contributed by atoms with E-state index in [1.54, 1.807) is 6.08 Å². The number of aldehydes is 1. The maximum absolute atomic E-state index is 9.55. The van der Waals surface area contributed by atoms with Gasteiger partial charge in [-0.25, -0.2) is 0 Å². The predicted octanol–water partition coefficient (Wildman–Crippen LogP) is 2.87. The average molecular weight is 170 g/mol. The first-order chi connectivity index (χ1) is 5.54. The molecule has 0 aromatic heterocycles. The van der Waals surface area contributed by atoms with Crippen molar-refractivity contribution in [2.75, 3.05) is 0 Å². The van der Waals surface area contributed by atoms with Crippen molar-refractivity contribution in [1.29, 1.82) is 0 Å². The number of hydrogen-bond acceptors (Lipinski definition) is 2. The fraction of sp³-hybridized carbons (Fsp3) is 0.500. The summed E-state index contributed by atoms with van der Waals surface area (Å²) >= 11 is 0. The van der Waals surface area contributed by atoms with E-state index >= 15 is 0 Å². The first-order valence-corrected chi connectivity index (χ1v) is 3.93. The Balaban J connectivity index is 0. The molecule has 0 radical (unpaired) electrons. The molecule has 0 unspecified atom stereocenters. The maximum Gasteiger partial charge on any atom is 0.124 e. The van der Waals surface area contributed by atoms with Crippen LogP contribution in [0.2, 0.25) is 0 Å². The smallest absolute Gasteiger partial charge is 0.124 e. The molecule has 2 heteroatoms. The van der Waals surface area contributed by atoms with Crippen molar-refractivity contribution in [2.24, 2.45) is 5.92 Å². The normalized spacial score (nSPS) is 9.33. The molecule has 0 amide bonds. The van der Waals surface area contributed by atoms with Gasteiger partial charge in [0.25, 0.3) is 0 Å². The topological polar surface area (TPSA) is 37.3 Å². The van der Waals surface area contributed by atoms with Gasteiger partial charge in [-0.15, -0.1) is 0 Å². The van der Waals surface area contributed by atoms with Gasteiger partial charge in [-0.3, -0.25) is 0 Å². The van der Waals surface area contributed by atoms with Gasteiger partial charge in [0.15, 0.2) is 0 Å². The molecule has 0 saturated heterocycles. The SMILES string of the molecule is C=C(C)CC=O.CC(C)/C=C/O. The lowest BCUT2D eigenvalue weighted by molar-refractivity contribution is -0.107. The summed E-state index contributed by atoms with van der Waals surface area (Å²) in [5, 5.41) is 8.06. The minimum Gasteiger partial charge on any atom is -0.516 e. The number of hydrogen-bond donors (Lipinski definition) is 1. The van der Waals surface area contributed by atoms with Crippen LogP contribution < -0.4 is 0 Å². The van der Waals surface area contributed by atoms with Crippen LogP contribution in [0.5, 0.6) is 0 Å². The van der Waals surface area contributed by atoms with E-state index in [4.69, 9.17) is 5.11 Å². The van der Waals surface area contributed by atoms with Crippen molar-refractivity contribution in [1.82, 2.24) is 0 Å². The van der Waals surface area contributed by atoms with Crippen LogP contribution in [-0.2, 0) is 4.79 Å². The van der Waals surface area contributed by atoms with E-state index in [-0.39, 0.29) is 0 Å². The van der Waals surface area contributed by atoms with E-state index in [2.05, 4.69) is 6.58 Å². The molecule has 0 atom stereocenters. The second kappa shape index (κ2) is 9.95. The van der Waals surface area contributed by atoms with Gasteiger partial charge in [0.1, 0.15) is 6.29 Å². The Morgan fingerprint density at radius 3 is 2.08 bits per heavy atom. The summed E-state index contributed by atoms with van der Waals surface area (Å²) in [6, 6.07) is 0. The zero-order chi connectivity index (χ0) is 9.98. The summed E-state index contributed by atoms with van der Waals surface area (Å²) in [7, 11) is 0. The van der Waals surface area contributed by atoms with Gasteiger partial charge in [0.05, 0.1) is 6.26 Å². The van der Waals surface area contributed by atoms with Crippen LogP contribution in [0.4, 0.5) is 0 Å². The monoisotopic (exact) mass is 170 g/mol. The average Bonchev–Trinajstić information content (AvgIpc) is 1.87. The van der Waals surface area contributed by atoms with Gasteiger partial charge in [-0.2, -0.15) is 0 Å². The summed E-state index contributed by atoms with van der Waals surface area (Å²) in [5.41, 5.74) is 0.921. The van der Waals surface area contributed by atoms with Crippen molar-refractivity contribution in [3.8, 4) is 0 Å². The van der Waals surface area contributed by atoms with Crippen LogP contribution in [0.15, 0.2) is 24.5 Å². The molecule has 12 heavy (non-hydrogen) atoms. The fourth-order valence-electron chi connectivity index (χ4n) is 0.314. The number of aliphatic hydroxyl groups is 1. The predicted molar refractivity (Wildman–Crippen MR) is 52.1 cm³/mol. The molecular weight excluding hydrogens is 152 g/mol. The molecule has 0 bridgehead atoms. The molecule has 0 aliphatic carbocycles. The van der Waals surface area contributed by atoms with E-state index in [1.165, 1.54) is 0 Å². The zero-order valence-corrected chi connectivity index (χ0v) is 8.08. The molecule has 1 N–H and O–H groups in total. The number of rotatable bonds is 3. The Hall–Kier alpha value is -1.05. The second-order valence-electron chi connectivity index (χ2n) is 2.91. The summed E-state index contributed by atoms with van der Waals surface area (Å²) in [4.78, 5) is 9.55. The first-order valence-electron chi connectivity index (χ1n) is 3.93. The minimum absolute atomic E-state index is 0.468. The van der Waals surface area contributed by atoms with Crippen molar-refractivity contribution < 1.29 is 9.90 Å². The highest BCUT2D eigenvalue weighted by atomic mass is 16.2. The largest absolute Gasteiger partial charge is 0.516 e. The lowest BCUT2D eigenvalue weighted by Gasteiger charge is -1.86. The van der Waals surface area contributed by atoms with Crippen LogP contribution >= 0.6 is 0 Å². The standard InChI is InChI=1S/C5H10O.C5H8O/c2*1-5(2)3-4-6/h3-6H,1-2H3;4H,1,3H2,2H3/b4-3+;. The van der Waals surface area contributed by atoms with Gasteiger partial charge >= 0.3 is 0 Å². The Labute approximate surface area is 74.6 Å². The zero-order valence-electron chi connectivity index (χ0n) is 8.08. The first kappa shape index (κ1) is 13.5. The molecule has 0 aliphatic rings. The van der Waals surface area contributed by atoms with Gasteiger partial charge in [0.2, 0.25) is 0 Å². The summed E-state index contributed by atoms with van der Waals surface area (Å²) < 4.78 is 0. The van der Waals surface area contributed by atoms with Gasteiger partial charge < -0.3 is 9.90 Å². The maximum atomic E-state index is 9.55. The highest BCUT2D eigenvalue weighted by Gasteiger charge is 1.77. The van der Waals surface area contributed by atoms with Gasteiger partial charge in [-0.1, -0.05) is 26.0 Å². The molecule has 0 rings (SSSR count). The third-order valence-corrected chi connectivity index (χ3v) is 0.903. The molecule has 0 fully saturated rings. The van der Waals surface area contributed by atoms with E-state index in [9.17, 15) is 4.79 Å². The Morgan fingerprint density at radius 1 is 1.58 bits per heavy atom. The third-order valence-electron chi connectivity index (χ3n) is 0.903. The van der Waals surface area contributed by atoms with Gasteiger partial charge in [-0.05, 0) is 18.9 Å². The van der Waals surface area contributed by atoms with E-state index in [0.717, 1.165) is 18.1 Å². The molecule has 0 aromatic rings. The second-order valence-corrected chi connectivity index (χ2v) is 2.91. The molecule has 0 saturated carbocycles.